The summed E-state index contributed by atoms with van der Waals surface area (Å²) in [7, 11) is 2.06. The molecule has 0 amide bonds. The third-order valence-corrected chi connectivity index (χ3v) is 4.92. The van der Waals surface area contributed by atoms with Gasteiger partial charge in [0.05, 0.1) is 0 Å². The molecule has 2 heterocycles. The Morgan fingerprint density at radius 3 is 2.75 bits per heavy atom. The number of rotatable bonds is 2. The molecule has 0 radical (unpaired) electrons. The third-order valence-electron chi connectivity index (χ3n) is 4.92. The molecule has 1 aromatic carbocycles. The molecule has 0 saturated carbocycles. The summed E-state index contributed by atoms with van der Waals surface area (Å²) >= 11 is 0. The molecular weight excluding hydrogens is 326 g/mol. The summed E-state index contributed by atoms with van der Waals surface area (Å²) in [6, 6.07) is 8.21. The second kappa shape index (κ2) is 6.79. The molecule has 0 unspecified atom stereocenters. The van der Waals surface area contributed by atoms with Gasteiger partial charge in [-0.05, 0) is 25.8 Å². The predicted molar refractivity (Wildman–Crippen MR) is 96.9 cm³/mol. The van der Waals surface area contributed by atoms with Gasteiger partial charge < -0.3 is 14.6 Å². The van der Waals surface area contributed by atoms with Crippen molar-refractivity contribution in [2.24, 2.45) is 13.0 Å². The number of carbonyl (C=O) groups excluding carboxylic acids is 1. The van der Waals surface area contributed by atoms with E-state index in [0.29, 0.717) is 0 Å². The minimum atomic E-state index is 0. The molecule has 24 heavy (non-hydrogen) atoms. The van der Waals surface area contributed by atoms with E-state index >= 15 is 0 Å². The third kappa shape index (κ3) is 2.64. The average Bonchev–Trinajstić information content (AvgIpc) is 3.05. The number of hydrogen-bond acceptors (Lipinski definition) is 2. The second-order valence-corrected chi connectivity index (χ2v) is 6.12. The van der Waals surface area contributed by atoms with E-state index in [1.165, 1.54) is 5.69 Å². The van der Waals surface area contributed by atoms with E-state index in [1.54, 1.807) is 6.20 Å². The first-order chi connectivity index (χ1) is 10.7. The Morgan fingerprint density at radius 2 is 2.04 bits per heavy atom. The van der Waals surface area contributed by atoms with Crippen LogP contribution in [0.15, 0.2) is 36.7 Å². The Labute approximate surface area is 147 Å². The quantitative estimate of drug-likeness (QED) is 0.715. The van der Waals surface area contributed by atoms with Crippen molar-refractivity contribution in [2.45, 2.75) is 26.3 Å². The lowest BCUT2D eigenvalue weighted by molar-refractivity contribution is 0.0888. The van der Waals surface area contributed by atoms with E-state index in [0.717, 1.165) is 41.7 Å². The number of benzene rings is 1. The Morgan fingerprint density at radius 1 is 1.29 bits per heavy atom. The van der Waals surface area contributed by atoms with Crippen molar-refractivity contribution in [1.29, 1.82) is 0 Å². The molecule has 2 N–H and O–H groups in total. The SMILES string of the molecule is Cc1nccn1C[C@H]1CCc2c(c3ccccc3n2C)C1=O.Cl.O. The van der Waals surface area contributed by atoms with Gasteiger partial charge in [-0.2, -0.15) is 0 Å². The number of para-hydroxylation sites is 1. The van der Waals surface area contributed by atoms with Gasteiger partial charge in [0.25, 0.3) is 0 Å². The number of Topliss-reactive ketones (excluding diaryl/α,β-unsaturated/α-hetero) is 1. The highest BCUT2D eigenvalue weighted by Gasteiger charge is 2.32. The van der Waals surface area contributed by atoms with Crippen molar-refractivity contribution in [2.75, 3.05) is 0 Å². The molecule has 1 aliphatic carbocycles. The molecule has 3 aromatic rings. The summed E-state index contributed by atoms with van der Waals surface area (Å²) in [5, 5.41) is 1.09. The normalized spacial score (nSPS) is 16.4. The molecule has 2 aromatic heterocycles. The highest BCUT2D eigenvalue weighted by atomic mass is 35.5. The minimum absolute atomic E-state index is 0. The molecule has 1 atom stereocenters. The van der Waals surface area contributed by atoms with Crippen LogP contribution in [0.3, 0.4) is 0 Å². The van der Waals surface area contributed by atoms with Gasteiger partial charge in [-0.25, -0.2) is 4.98 Å². The lowest BCUT2D eigenvalue weighted by atomic mass is 9.85. The minimum Gasteiger partial charge on any atom is -0.412 e. The summed E-state index contributed by atoms with van der Waals surface area (Å²) in [5.74, 6) is 1.30. The first kappa shape index (κ1) is 18.2. The Hall–Kier alpha value is -2.11. The number of nitrogens with zero attached hydrogens (tertiary/aromatic N) is 3. The van der Waals surface area contributed by atoms with Crippen molar-refractivity contribution in [3.05, 3.63) is 53.7 Å². The molecule has 0 aliphatic heterocycles. The van der Waals surface area contributed by atoms with Crippen molar-refractivity contribution < 1.29 is 10.3 Å². The number of hydrogen-bond donors (Lipinski definition) is 0. The van der Waals surface area contributed by atoms with Crippen LogP contribution in [-0.4, -0.2) is 25.4 Å². The molecule has 1 aliphatic rings. The molecule has 0 fully saturated rings. The van der Waals surface area contributed by atoms with Crippen LogP contribution in [0.2, 0.25) is 0 Å². The fourth-order valence-corrected chi connectivity index (χ4v) is 3.67. The monoisotopic (exact) mass is 347 g/mol. The van der Waals surface area contributed by atoms with Crippen molar-refractivity contribution >= 4 is 29.1 Å². The average molecular weight is 348 g/mol. The summed E-state index contributed by atoms with van der Waals surface area (Å²) < 4.78 is 4.26. The van der Waals surface area contributed by atoms with Gasteiger partial charge in [0.2, 0.25) is 0 Å². The van der Waals surface area contributed by atoms with E-state index < -0.39 is 0 Å². The van der Waals surface area contributed by atoms with Crippen molar-refractivity contribution in [3.63, 3.8) is 0 Å². The zero-order chi connectivity index (χ0) is 15.3. The standard InChI is InChI=1S/C18H19N3O.ClH.H2O/c1-12-19-9-10-21(12)11-13-7-8-16-17(18(13)22)14-5-3-4-6-15(14)20(16)2;;/h3-6,9-10,13H,7-8,11H2,1-2H3;1H;1H2/t13-;;/m1../s1. The van der Waals surface area contributed by atoms with E-state index in [4.69, 9.17) is 0 Å². The highest BCUT2D eigenvalue weighted by Crippen LogP contribution is 2.34. The van der Waals surface area contributed by atoms with Crippen LogP contribution >= 0.6 is 12.4 Å². The van der Waals surface area contributed by atoms with Gasteiger partial charge in [0.15, 0.2) is 5.78 Å². The van der Waals surface area contributed by atoms with E-state index in [-0.39, 0.29) is 29.6 Å². The Balaban J connectivity index is 0.00000104. The second-order valence-electron chi connectivity index (χ2n) is 6.12. The summed E-state index contributed by atoms with van der Waals surface area (Å²) in [4.78, 5) is 17.3. The number of ketones is 1. The maximum absolute atomic E-state index is 13.0. The van der Waals surface area contributed by atoms with Crippen LogP contribution < -0.4 is 0 Å². The van der Waals surface area contributed by atoms with Gasteiger partial charge >= 0.3 is 0 Å². The van der Waals surface area contributed by atoms with Crippen LogP contribution in [0, 0.1) is 12.8 Å². The molecule has 128 valence electrons. The topological polar surface area (TPSA) is 71.3 Å². The molecule has 5 nitrogen and oxygen atoms in total. The number of carbonyl (C=O) groups is 1. The van der Waals surface area contributed by atoms with Gasteiger partial charge in [-0.3, -0.25) is 4.79 Å². The van der Waals surface area contributed by atoms with E-state index in [1.807, 2.05) is 25.3 Å². The molecule has 6 heteroatoms. The summed E-state index contributed by atoms with van der Waals surface area (Å²) in [6.07, 6.45) is 5.63. The van der Waals surface area contributed by atoms with Crippen LogP contribution in [0.25, 0.3) is 10.9 Å². The van der Waals surface area contributed by atoms with Crippen LogP contribution in [0.1, 0.15) is 28.3 Å². The van der Waals surface area contributed by atoms with Crippen molar-refractivity contribution in [1.82, 2.24) is 14.1 Å². The highest BCUT2D eigenvalue weighted by molar-refractivity contribution is 6.11. The maximum atomic E-state index is 13.0. The number of fused-ring (bicyclic) bond motifs is 3. The van der Waals surface area contributed by atoms with Gasteiger partial charge in [0, 0.05) is 54.1 Å². The first-order valence-corrected chi connectivity index (χ1v) is 7.75. The lowest BCUT2D eigenvalue weighted by Gasteiger charge is -2.23. The molecular formula is C18H22ClN3O2. The van der Waals surface area contributed by atoms with Gasteiger partial charge in [0.1, 0.15) is 5.82 Å². The Bertz CT molecular complexity index is 882. The number of halogens is 1. The van der Waals surface area contributed by atoms with Crippen molar-refractivity contribution in [3.8, 4) is 0 Å². The summed E-state index contributed by atoms with van der Waals surface area (Å²) in [6.45, 7) is 2.71. The fourth-order valence-electron chi connectivity index (χ4n) is 3.67. The smallest absolute Gasteiger partial charge is 0.170 e. The van der Waals surface area contributed by atoms with Crippen LogP contribution in [0.4, 0.5) is 0 Å². The van der Waals surface area contributed by atoms with Crippen LogP contribution in [0.5, 0.6) is 0 Å². The molecule has 0 bridgehead atoms. The number of aromatic nitrogens is 3. The summed E-state index contributed by atoms with van der Waals surface area (Å²) in [5.41, 5.74) is 3.28. The van der Waals surface area contributed by atoms with Gasteiger partial charge in [-0.15, -0.1) is 12.4 Å². The number of aryl methyl sites for hydroxylation is 2. The molecule has 0 spiro atoms. The fraction of sp³-hybridized carbons (Fsp3) is 0.333. The maximum Gasteiger partial charge on any atom is 0.170 e. The van der Waals surface area contributed by atoms with Gasteiger partial charge in [-0.1, -0.05) is 18.2 Å². The van der Waals surface area contributed by atoms with E-state index in [9.17, 15) is 4.79 Å². The van der Waals surface area contributed by atoms with Crippen LogP contribution in [-0.2, 0) is 20.0 Å². The molecule has 0 saturated heterocycles. The van der Waals surface area contributed by atoms with E-state index in [2.05, 4.69) is 33.3 Å². The Kier molecular flexibility index (Phi) is 5.16. The predicted octanol–water partition coefficient (Wildman–Crippen LogP) is 2.73. The molecule has 4 rings (SSSR count). The lowest BCUT2D eigenvalue weighted by Crippen LogP contribution is -2.27. The zero-order valence-electron chi connectivity index (χ0n) is 13.8. The zero-order valence-corrected chi connectivity index (χ0v) is 14.6. The first-order valence-electron chi connectivity index (χ1n) is 7.75. The number of imidazole rings is 1. The largest absolute Gasteiger partial charge is 0.412 e.